The summed E-state index contributed by atoms with van der Waals surface area (Å²) in [7, 11) is 1.54. The summed E-state index contributed by atoms with van der Waals surface area (Å²) in [6.45, 7) is 0.216. The van der Waals surface area contributed by atoms with Gasteiger partial charge in [0.15, 0.2) is 11.5 Å². The molecule has 0 radical (unpaired) electrons. The zero-order valence-corrected chi connectivity index (χ0v) is 22.6. The highest BCUT2D eigenvalue weighted by atomic mass is 127. The lowest BCUT2D eigenvalue weighted by molar-refractivity contribution is -0.384. The number of ether oxygens (including phenoxy) is 2. The molecule has 4 rings (SSSR count). The third kappa shape index (κ3) is 6.74. The number of carbonyl (C=O) groups excluding carboxylic acids is 1. The molecule has 8 nitrogen and oxygen atoms in total. The second-order valence-electron chi connectivity index (χ2n) is 8.23. The van der Waals surface area contributed by atoms with Crippen LogP contribution in [-0.2, 0) is 11.4 Å². The largest absolute Gasteiger partial charge is 0.493 e. The Kier molecular flexibility index (Phi) is 9.04. The number of nitrogens with one attached hydrogen (secondary N) is 1. The summed E-state index contributed by atoms with van der Waals surface area (Å²) in [6, 6.07) is 28.9. The fourth-order valence-electron chi connectivity index (χ4n) is 3.84. The maximum atomic E-state index is 13.1. The summed E-state index contributed by atoms with van der Waals surface area (Å²) in [5.41, 5.74) is 5.93. The minimum absolute atomic E-state index is 0.0236. The number of nitro benzene ring substituents is 1. The van der Waals surface area contributed by atoms with E-state index < -0.39 is 10.8 Å². The fraction of sp³-hybridized carbons (Fsp3) is 0.103. The number of hydrazone groups is 1. The van der Waals surface area contributed by atoms with Gasteiger partial charge in [-0.25, -0.2) is 5.43 Å². The van der Waals surface area contributed by atoms with Gasteiger partial charge in [0, 0.05) is 12.1 Å². The molecule has 0 saturated heterocycles. The molecule has 0 bridgehead atoms. The molecule has 0 aliphatic carbocycles. The van der Waals surface area contributed by atoms with Crippen LogP contribution in [-0.4, -0.2) is 24.2 Å². The molecule has 0 fully saturated rings. The molecule has 38 heavy (non-hydrogen) atoms. The van der Waals surface area contributed by atoms with Gasteiger partial charge in [0.1, 0.15) is 6.61 Å². The molecule has 4 aromatic carbocycles. The Morgan fingerprint density at radius 1 is 1.00 bits per heavy atom. The van der Waals surface area contributed by atoms with Gasteiger partial charge < -0.3 is 9.47 Å². The van der Waals surface area contributed by atoms with Crippen molar-refractivity contribution in [3.8, 4) is 11.5 Å². The van der Waals surface area contributed by atoms with Gasteiger partial charge in [-0.15, -0.1) is 0 Å². The molecular formula is C29H24IN3O5. The quantitative estimate of drug-likeness (QED) is 0.100. The molecule has 0 unspecified atom stereocenters. The van der Waals surface area contributed by atoms with Gasteiger partial charge in [0.25, 0.3) is 11.6 Å². The smallest absolute Gasteiger partial charge is 0.269 e. The predicted octanol–water partition coefficient (Wildman–Crippen LogP) is 6.07. The second kappa shape index (κ2) is 12.8. The lowest BCUT2D eigenvalue weighted by Crippen LogP contribution is -2.26. The van der Waals surface area contributed by atoms with E-state index in [0.29, 0.717) is 17.1 Å². The number of nitrogens with zero attached hydrogens (tertiary/aromatic N) is 2. The third-order valence-corrected chi connectivity index (χ3v) is 6.50. The molecule has 0 aliphatic heterocycles. The molecule has 9 heteroatoms. The zero-order chi connectivity index (χ0) is 26.9. The van der Waals surface area contributed by atoms with E-state index in [1.165, 1.54) is 19.2 Å². The standard InChI is InChI=1S/C29H24IN3O5/c1-37-26-17-21(16-25(30)28(26)38-19-20-12-14-24(15-13-20)33(35)36)18-31-32-29(34)27(22-8-4-2-5-9-22)23-10-6-3-7-11-23/h2-18,27H,19H2,1H3,(H,32,34)/b31-18+. The average Bonchev–Trinajstić information content (AvgIpc) is 2.93. The first kappa shape index (κ1) is 26.8. The van der Waals surface area contributed by atoms with E-state index in [0.717, 1.165) is 20.3 Å². The monoisotopic (exact) mass is 621 g/mol. The van der Waals surface area contributed by atoms with Crippen molar-refractivity contribution in [2.24, 2.45) is 5.10 Å². The Morgan fingerprint density at radius 2 is 1.61 bits per heavy atom. The van der Waals surface area contributed by atoms with Crippen LogP contribution in [0.4, 0.5) is 5.69 Å². The van der Waals surface area contributed by atoms with E-state index in [4.69, 9.17) is 9.47 Å². The molecule has 0 aromatic heterocycles. The van der Waals surface area contributed by atoms with Crippen molar-refractivity contribution in [3.63, 3.8) is 0 Å². The van der Waals surface area contributed by atoms with Crippen molar-refractivity contribution in [1.82, 2.24) is 5.43 Å². The topological polar surface area (TPSA) is 103 Å². The minimum Gasteiger partial charge on any atom is -0.493 e. The Balaban J connectivity index is 1.46. The van der Waals surface area contributed by atoms with Gasteiger partial charge in [0.2, 0.25) is 0 Å². The Morgan fingerprint density at radius 3 is 2.16 bits per heavy atom. The van der Waals surface area contributed by atoms with E-state index in [2.05, 4.69) is 33.1 Å². The van der Waals surface area contributed by atoms with Crippen molar-refractivity contribution < 1.29 is 19.2 Å². The number of non-ortho nitro benzene ring substituents is 1. The van der Waals surface area contributed by atoms with Crippen LogP contribution in [0, 0.1) is 13.7 Å². The average molecular weight is 621 g/mol. The van der Waals surface area contributed by atoms with Crippen LogP contribution in [0.2, 0.25) is 0 Å². The normalized spacial score (nSPS) is 10.9. The van der Waals surface area contributed by atoms with Gasteiger partial charge in [-0.1, -0.05) is 60.7 Å². The molecule has 0 atom stereocenters. The first-order chi connectivity index (χ1) is 18.5. The van der Waals surface area contributed by atoms with Crippen molar-refractivity contribution in [2.75, 3.05) is 7.11 Å². The van der Waals surface area contributed by atoms with Gasteiger partial charge in [-0.2, -0.15) is 5.10 Å². The Hall–Kier alpha value is -4.25. The summed E-state index contributed by atoms with van der Waals surface area (Å²) in [5, 5.41) is 15.0. The number of amides is 1. The highest BCUT2D eigenvalue weighted by Crippen LogP contribution is 2.34. The molecular weight excluding hydrogens is 597 g/mol. The summed E-state index contributed by atoms with van der Waals surface area (Å²) in [5.74, 6) is 0.293. The van der Waals surface area contributed by atoms with E-state index in [1.807, 2.05) is 66.7 Å². The molecule has 0 spiro atoms. The highest BCUT2D eigenvalue weighted by Gasteiger charge is 2.22. The van der Waals surface area contributed by atoms with Crippen LogP contribution < -0.4 is 14.9 Å². The zero-order valence-electron chi connectivity index (χ0n) is 20.4. The second-order valence-corrected chi connectivity index (χ2v) is 9.40. The Bertz CT molecular complexity index is 1390. The number of benzene rings is 4. The first-order valence-electron chi connectivity index (χ1n) is 11.6. The van der Waals surface area contributed by atoms with Gasteiger partial charge >= 0.3 is 0 Å². The molecule has 192 valence electrons. The van der Waals surface area contributed by atoms with Crippen LogP contribution >= 0.6 is 22.6 Å². The number of hydrogen-bond donors (Lipinski definition) is 1. The minimum atomic E-state index is -0.501. The predicted molar refractivity (Wildman–Crippen MR) is 154 cm³/mol. The number of rotatable bonds is 10. The maximum Gasteiger partial charge on any atom is 0.269 e. The molecule has 0 heterocycles. The number of hydrogen-bond acceptors (Lipinski definition) is 6. The number of carbonyl (C=O) groups is 1. The van der Waals surface area contributed by atoms with Gasteiger partial charge in [-0.05, 0) is 69.1 Å². The number of halogens is 1. The van der Waals surface area contributed by atoms with Crippen LogP contribution in [0.25, 0.3) is 0 Å². The van der Waals surface area contributed by atoms with Crippen LogP contribution in [0.1, 0.15) is 28.2 Å². The van der Waals surface area contributed by atoms with Crippen LogP contribution in [0.5, 0.6) is 11.5 Å². The lowest BCUT2D eigenvalue weighted by Gasteiger charge is -2.16. The third-order valence-electron chi connectivity index (χ3n) is 5.70. The highest BCUT2D eigenvalue weighted by molar-refractivity contribution is 14.1. The van der Waals surface area contributed by atoms with Crippen molar-refractivity contribution in [1.29, 1.82) is 0 Å². The van der Waals surface area contributed by atoms with E-state index >= 15 is 0 Å². The molecule has 0 aliphatic rings. The summed E-state index contributed by atoms with van der Waals surface area (Å²) >= 11 is 2.14. The maximum absolute atomic E-state index is 13.1. The van der Waals surface area contributed by atoms with Crippen molar-refractivity contribution in [3.05, 3.63) is 133 Å². The summed E-state index contributed by atoms with van der Waals surface area (Å²) in [4.78, 5) is 23.6. The SMILES string of the molecule is COc1cc(/C=N/NC(=O)C(c2ccccc2)c2ccccc2)cc(I)c1OCc1ccc([N+](=O)[O-])cc1. The number of nitro groups is 1. The van der Waals surface area contributed by atoms with E-state index in [9.17, 15) is 14.9 Å². The Labute approximate surface area is 233 Å². The van der Waals surface area contributed by atoms with Crippen molar-refractivity contribution in [2.45, 2.75) is 12.5 Å². The van der Waals surface area contributed by atoms with Crippen LogP contribution in [0.15, 0.2) is 102 Å². The van der Waals surface area contributed by atoms with Gasteiger partial charge in [0.05, 0.1) is 27.7 Å². The van der Waals surface area contributed by atoms with E-state index in [-0.39, 0.29) is 18.2 Å². The van der Waals surface area contributed by atoms with Crippen molar-refractivity contribution >= 4 is 40.4 Å². The fourth-order valence-corrected chi connectivity index (χ4v) is 4.63. The first-order valence-corrected chi connectivity index (χ1v) is 12.7. The summed E-state index contributed by atoms with van der Waals surface area (Å²) < 4.78 is 12.3. The van der Waals surface area contributed by atoms with Gasteiger partial charge in [-0.3, -0.25) is 14.9 Å². The molecule has 0 saturated carbocycles. The number of methoxy groups -OCH3 is 1. The summed E-state index contributed by atoms with van der Waals surface area (Å²) in [6.07, 6.45) is 1.55. The molecule has 4 aromatic rings. The molecule has 1 N–H and O–H groups in total. The van der Waals surface area contributed by atoms with E-state index in [1.54, 1.807) is 24.4 Å². The lowest BCUT2D eigenvalue weighted by atomic mass is 9.91. The van der Waals surface area contributed by atoms with Crippen LogP contribution in [0.3, 0.4) is 0 Å². The molecule has 1 amide bonds.